The molecule has 0 saturated carbocycles. The van der Waals surface area contributed by atoms with Crippen molar-refractivity contribution in [2.24, 2.45) is 17.5 Å². The van der Waals surface area contributed by atoms with Crippen LogP contribution in [0.3, 0.4) is 0 Å². The molecule has 0 saturated heterocycles. The number of halogens is 3. The number of nitrogen functional groups attached to an aromatic ring is 1. The molecule has 3 aromatic rings. The molecule has 0 fully saturated rings. The number of amidine groups is 1. The highest BCUT2D eigenvalue weighted by Crippen LogP contribution is 2.29. The summed E-state index contributed by atoms with van der Waals surface area (Å²) in [4.78, 5) is 17.5. The molecule has 192 valence electrons. The zero-order valence-electron chi connectivity index (χ0n) is 20.3. The van der Waals surface area contributed by atoms with Crippen molar-refractivity contribution in [1.82, 2.24) is 9.13 Å². The van der Waals surface area contributed by atoms with Gasteiger partial charge in [-0.15, -0.1) is 0 Å². The lowest BCUT2D eigenvalue weighted by molar-refractivity contribution is -0.137. The van der Waals surface area contributed by atoms with E-state index in [2.05, 4.69) is 10.3 Å². The molecular weight excluding hydrogens is 491 g/mol. The number of hydrogen-bond donors (Lipinski definition) is 3. The molecule has 0 spiro atoms. The van der Waals surface area contributed by atoms with Gasteiger partial charge in [-0.2, -0.15) is 13.2 Å². The van der Waals surface area contributed by atoms with E-state index in [1.807, 2.05) is 20.8 Å². The van der Waals surface area contributed by atoms with Gasteiger partial charge in [0.25, 0.3) is 0 Å². The molecule has 4 N–H and O–H groups in total. The Morgan fingerprint density at radius 3 is 2.19 bits per heavy atom. The molecule has 1 heterocycles. The van der Waals surface area contributed by atoms with Gasteiger partial charge in [0.1, 0.15) is 22.0 Å². The summed E-state index contributed by atoms with van der Waals surface area (Å²) in [5.41, 5.74) is 6.48. The first-order valence-corrected chi connectivity index (χ1v) is 11.4. The molecule has 0 unspecified atom stereocenters. The monoisotopic (exact) mass is 519 g/mol. The molecule has 7 nitrogen and oxygen atoms in total. The lowest BCUT2D eigenvalue weighted by Crippen LogP contribution is -2.37. The van der Waals surface area contributed by atoms with Crippen LogP contribution in [0, 0.1) is 10.1 Å². The number of nitrogens with zero attached hydrogens (tertiary/aromatic N) is 3. The highest BCUT2D eigenvalue weighted by molar-refractivity contribution is 7.71. The lowest BCUT2D eigenvalue weighted by Gasteiger charge is -2.24. The molecule has 11 heteroatoms. The highest BCUT2D eigenvalue weighted by atomic mass is 32.1. The summed E-state index contributed by atoms with van der Waals surface area (Å²) < 4.78 is 41.7. The summed E-state index contributed by atoms with van der Waals surface area (Å²) in [5, 5.41) is 12.8. The summed E-state index contributed by atoms with van der Waals surface area (Å²) in [5.74, 6) is 0.425. The Morgan fingerprint density at radius 1 is 1.08 bits per heavy atom. The highest BCUT2D eigenvalue weighted by Gasteiger charge is 2.30. The smallest absolute Gasteiger partial charge is 0.416 e. The van der Waals surface area contributed by atoms with E-state index in [4.69, 9.17) is 18.0 Å². The first kappa shape index (κ1) is 27.0. The number of nitrogens with two attached hydrogens (primary N) is 1. The second-order valence-corrected chi connectivity index (χ2v) is 9.97. The van der Waals surface area contributed by atoms with E-state index in [9.17, 15) is 23.1 Å². The fourth-order valence-corrected chi connectivity index (χ4v) is 3.74. The number of anilines is 2. The van der Waals surface area contributed by atoms with Crippen molar-refractivity contribution in [1.29, 1.82) is 0 Å². The molecule has 0 aliphatic carbocycles. The van der Waals surface area contributed by atoms with Gasteiger partial charge in [-0.05, 0) is 47.4 Å². The molecule has 1 aromatic heterocycles. The molecule has 0 amide bonds. The van der Waals surface area contributed by atoms with Crippen molar-refractivity contribution < 1.29 is 18.3 Å². The van der Waals surface area contributed by atoms with E-state index in [0.29, 0.717) is 23.4 Å². The fourth-order valence-electron chi connectivity index (χ4n) is 3.46. The molecule has 0 aliphatic rings. The van der Waals surface area contributed by atoms with E-state index < -0.39 is 11.7 Å². The van der Waals surface area contributed by atoms with Crippen molar-refractivity contribution in [3.8, 4) is 5.75 Å². The minimum absolute atomic E-state index is 0.0227. The lowest BCUT2D eigenvalue weighted by atomic mass is 9.97. The Bertz CT molecular complexity index is 1380. The van der Waals surface area contributed by atoms with Crippen molar-refractivity contribution in [2.45, 2.75) is 40.0 Å². The number of aliphatic imine (C=N–C) groups is 1. The number of phenols is 1. The van der Waals surface area contributed by atoms with Gasteiger partial charge < -0.3 is 16.2 Å². The third kappa shape index (κ3) is 6.34. The number of nitrogens with one attached hydrogen (secondary N) is 1. The largest absolute Gasteiger partial charge is 0.508 e. The van der Waals surface area contributed by atoms with Crippen LogP contribution >= 0.6 is 12.2 Å². The van der Waals surface area contributed by atoms with Crippen LogP contribution in [0.25, 0.3) is 0 Å². The average Bonchev–Trinajstić information content (AvgIpc) is 2.79. The van der Waals surface area contributed by atoms with Crippen LogP contribution in [0.5, 0.6) is 5.75 Å². The fraction of sp³-hybridized carbons (Fsp3) is 0.320. The Balaban J connectivity index is 2.14. The van der Waals surface area contributed by atoms with Gasteiger partial charge in [-0.3, -0.25) is 14.1 Å². The SMILES string of the molecule is Cn1c(=S)c(C(=NCc2ccc(C(F)(F)F)cc2)Nc2ccc(O)cc2)c(N)n(CC(C)(C)C)c1=O. The minimum atomic E-state index is -4.44. The molecule has 0 bridgehead atoms. The van der Waals surface area contributed by atoms with E-state index >= 15 is 0 Å². The van der Waals surface area contributed by atoms with Gasteiger partial charge in [-0.1, -0.05) is 45.1 Å². The Hall–Kier alpha value is -3.60. The maximum atomic E-state index is 13.0. The number of rotatable bonds is 5. The van der Waals surface area contributed by atoms with Crippen molar-refractivity contribution >= 4 is 29.6 Å². The second-order valence-electron chi connectivity index (χ2n) is 9.59. The third-order valence-corrected chi connectivity index (χ3v) is 5.76. The number of aromatic hydroxyl groups is 1. The number of alkyl halides is 3. The van der Waals surface area contributed by atoms with Crippen LogP contribution in [-0.4, -0.2) is 20.1 Å². The Morgan fingerprint density at radius 2 is 1.67 bits per heavy atom. The van der Waals surface area contributed by atoms with Gasteiger partial charge in [-0.25, -0.2) is 4.79 Å². The average molecular weight is 520 g/mol. The first-order chi connectivity index (χ1) is 16.7. The van der Waals surface area contributed by atoms with Crippen LogP contribution in [0.1, 0.15) is 37.5 Å². The standard InChI is InChI=1S/C25H28F3N5O2S/c1-24(2,3)14-33-20(29)19(22(36)32(4)23(33)35)21(31-17-9-11-18(34)12-10-17)30-13-15-5-7-16(8-6-15)25(26,27)28/h5-12,34H,13-14,29H2,1-4H3,(H,30,31). The summed E-state index contributed by atoms with van der Waals surface area (Å²) in [6.07, 6.45) is -4.44. The summed E-state index contributed by atoms with van der Waals surface area (Å²) in [6, 6.07) is 10.9. The molecular formula is C25H28F3N5O2S. The molecule has 2 aromatic carbocycles. The predicted molar refractivity (Wildman–Crippen MR) is 138 cm³/mol. The summed E-state index contributed by atoms with van der Waals surface area (Å²) >= 11 is 5.56. The molecule has 0 radical (unpaired) electrons. The van der Waals surface area contributed by atoms with E-state index in [1.165, 1.54) is 33.4 Å². The first-order valence-electron chi connectivity index (χ1n) is 11.0. The number of hydrogen-bond acceptors (Lipinski definition) is 5. The van der Waals surface area contributed by atoms with Crippen molar-refractivity contribution in [3.63, 3.8) is 0 Å². The van der Waals surface area contributed by atoms with Crippen molar-refractivity contribution in [2.75, 3.05) is 11.1 Å². The molecule has 0 aliphatic heterocycles. The topological polar surface area (TPSA) is 97.6 Å². The normalized spacial score (nSPS) is 12.6. The van der Waals surface area contributed by atoms with Gasteiger partial charge in [0.05, 0.1) is 17.7 Å². The van der Waals surface area contributed by atoms with E-state index in [1.54, 1.807) is 19.2 Å². The summed E-state index contributed by atoms with van der Waals surface area (Å²) in [6.45, 7) is 6.24. The maximum absolute atomic E-state index is 13.0. The zero-order valence-corrected chi connectivity index (χ0v) is 21.2. The molecule has 0 atom stereocenters. The number of benzene rings is 2. The van der Waals surface area contributed by atoms with Gasteiger partial charge in [0, 0.05) is 19.3 Å². The van der Waals surface area contributed by atoms with Gasteiger partial charge in [0.2, 0.25) is 0 Å². The molecule has 3 rings (SSSR count). The molecule has 36 heavy (non-hydrogen) atoms. The van der Waals surface area contributed by atoms with Crippen LogP contribution in [0.2, 0.25) is 0 Å². The van der Waals surface area contributed by atoms with E-state index in [0.717, 1.165) is 12.1 Å². The van der Waals surface area contributed by atoms with E-state index in [-0.39, 0.29) is 39.7 Å². The van der Waals surface area contributed by atoms with Crippen LogP contribution in [-0.2, 0) is 26.3 Å². The Kier molecular flexibility index (Phi) is 7.63. The maximum Gasteiger partial charge on any atom is 0.416 e. The predicted octanol–water partition coefficient (Wildman–Crippen LogP) is 5.33. The minimum Gasteiger partial charge on any atom is -0.508 e. The second kappa shape index (κ2) is 10.2. The van der Waals surface area contributed by atoms with Crippen LogP contribution in [0.4, 0.5) is 24.7 Å². The number of aromatic nitrogens is 2. The Labute approximate surface area is 211 Å². The quantitative estimate of drug-likeness (QED) is 0.183. The summed E-state index contributed by atoms with van der Waals surface area (Å²) in [7, 11) is 1.54. The van der Waals surface area contributed by atoms with Gasteiger partial charge >= 0.3 is 11.9 Å². The zero-order chi connectivity index (χ0) is 26.8. The van der Waals surface area contributed by atoms with Gasteiger partial charge in [0.15, 0.2) is 0 Å². The van der Waals surface area contributed by atoms with Crippen LogP contribution in [0.15, 0.2) is 58.3 Å². The third-order valence-electron chi connectivity index (χ3n) is 5.28. The number of phenolic OH excluding ortho intramolecular Hbond substituents is 1. The van der Waals surface area contributed by atoms with Crippen molar-refractivity contribution in [3.05, 3.63) is 80.3 Å². The van der Waals surface area contributed by atoms with Crippen LogP contribution < -0.4 is 16.7 Å².